The highest BCUT2D eigenvalue weighted by Gasteiger charge is 2.20. The van der Waals surface area contributed by atoms with Gasteiger partial charge in [0, 0.05) is 4.88 Å². The summed E-state index contributed by atoms with van der Waals surface area (Å²) in [5.74, 6) is 0.293. The number of furan rings is 1. The Morgan fingerprint density at radius 2 is 1.83 bits per heavy atom. The molecule has 0 spiro atoms. The van der Waals surface area contributed by atoms with Crippen LogP contribution in [0.1, 0.15) is 21.8 Å². The van der Waals surface area contributed by atoms with E-state index in [1.54, 1.807) is 12.1 Å². The van der Waals surface area contributed by atoms with Crippen LogP contribution in [0.4, 0.5) is 0 Å². The van der Waals surface area contributed by atoms with Crippen molar-refractivity contribution in [2.24, 2.45) is 0 Å². The van der Waals surface area contributed by atoms with Crippen molar-refractivity contribution in [3.8, 4) is 0 Å². The molecular formula is C22H21N3O4S. The molecule has 154 valence electrons. The van der Waals surface area contributed by atoms with Crippen molar-refractivity contribution in [3.63, 3.8) is 0 Å². The van der Waals surface area contributed by atoms with Crippen LogP contribution in [0.5, 0.6) is 0 Å². The number of hydrogen-bond acceptors (Lipinski definition) is 5. The van der Waals surface area contributed by atoms with Crippen molar-refractivity contribution in [2.75, 3.05) is 0 Å². The Balaban J connectivity index is 1.75. The van der Waals surface area contributed by atoms with Crippen LogP contribution in [0.3, 0.4) is 0 Å². The minimum absolute atomic E-state index is 0.150. The van der Waals surface area contributed by atoms with Crippen molar-refractivity contribution < 1.29 is 9.21 Å². The number of benzene rings is 1. The number of nitrogens with one attached hydrogen (secondary N) is 1. The Morgan fingerprint density at radius 3 is 2.53 bits per heavy atom. The molecule has 0 aliphatic rings. The predicted molar refractivity (Wildman–Crippen MR) is 116 cm³/mol. The van der Waals surface area contributed by atoms with E-state index in [1.807, 2.05) is 44.2 Å². The maximum Gasteiger partial charge on any atom is 0.332 e. The number of carbonyl (C=O) groups excluding carboxylic acids is 1. The van der Waals surface area contributed by atoms with Crippen molar-refractivity contribution in [1.29, 1.82) is 0 Å². The molecule has 0 unspecified atom stereocenters. The van der Waals surface area contributed by atoms with Gasteiger partial charge in [-0.15, -0.1) is 11.3 Å². The highest BCUT2D eigenvalue weighted by molar-refractivity contribution is 7.18. The number of nitrogens with zero attached hydrogens (tertiary/aromatic N) is 2. The van der Waals surface area contributed by atoms with E-state index < -0.39 is 5.69 Å². The summed E-state index contributed by atoms with van der Waals surface area (Å²) >= 11 is 1.36. The summed E-state index contributed by atoms with van der Waals surface area (Å²) in [6, 6.07) is 12.8. The highest BCUT2D eigenvalue weighted by Crippen LogP contribution is 2.26. The second kappa shape index (κ2) is 8.16. The maximum atomic E-state index is 13.2. The van der Waals surface area contributed by atoms with Gasteiger partial charge in [0.15, 0.2) is 0 Å². The van der Waals surface area contributed by atoms with Crippen molar-refractivity contribution in [3.05, 3.63) is 91.3 Å². The van der Waals surface area contributed by atoms with Crippen LogP contribution in [-0.2, 0) is 24.4 Å². The average molecular weight is 423 g/mol. The largest absolute Gasteiger partial charge is 0.467 e. The third kappa shape index (κ3) is 3.73. The van der Waals surface area contributed by atoms with Crippen LogP contribution in [0.25, 0.3) is 10.2 Å². The van der Waals surface area contributed by atoms with E-state index in [0.717, 1.165) is 16.0 Å². The molecule has 0 fully saturated rings. The third-order valence-corrected chi connectivity index (χ3v) is 6.29. The van der Waals surface area contributed by atoms with E-state index >= 15 is 0 Å². The zero-order valence-corrected chi connectivity index (χ0v) is 17.5. The molecule has 0 saturated heterocycles. The summed E-state index contributed by atoms with van der Waals surface area (Å²) in [5, 5.41) is 3.25. The number of aryl methyl sites for hydroxylation is 2. The summed E-state index contributed by atoms with van der Waals surface area (Å²) in [7, 11) is 0. The van der Waals surface area contributed by atoms with E-state index in [-0.39, 0.29) is 31.1 Å². The van der Waals surface area contributed by atoms with Gasteiger partial charge < -0.3 is 9.73 Å². The molecule has 0 aliphatic carbocycles. The Hall–Kier alpha value is -3.39. The van der Waals surface area contributed by atoms with E-state index in [4.69, 9.17) is 4.42 Å². The number of fused-ring (bicyclic) bond motifs is 1. The van der Waals surface area contributed by atoms with Crippen LogP contribution in [0.2, 0.25) is 0 Å². The van der Waals surface area contributed by atoms with Gasteiger partial charge in [-0.25, -0.2) is 4.79 Å². The van der Waals surface area contributed by atoms with Crippen molar-refractivity contribution >= 4 is 27.5 Å². The fraction of sp³-hybridized carbons (Fsp3) is 0.227. The lowest BCUT2D eigenvalue weighted by molar-refractivity contribution is -0.121. The number of amides is 1. The SMILES string of the molecule is Cc1sc2c(c1C)c(=O)n(Cc1ccccc1)c(=O)n2CC(=O)NCc1ccco1. The molecular weight excluding hydrogens is 402 g/mol. The topological polar surface area (TPSA) is 86.2 Å². The van der Waals surface area contributed by atoms with Crippen LogP contribution in [0.15, 0.2) is 62.7 Å². The molecule has 0 atom stereocenters. The number of aromatic nitrogens is 2. The highest BCUT2D eigenvalue weighted by atomic mass is 32.1. The van der Waals surface area contributed by atoms with Gasteiger partial charge in [-0.3, -0.25) is 18.7 Å². The molecule has 3 heterocycles. The fourth-order valence-electron chi connectivity index (χ4n) is 3.35. The lowest BCUT2D eigenvalue weighted by Gasteiger charge is -2.12. The molecule has 3 aromatic heterocycles. The number of rotatable bonds is 6. The lowest BCUT2D eigenvalue weighted by atomic mass is 10.2. The summed E-state index contributed by atoms with van der Waals surface area (Å²) in [5.41, 5.74) is 0.861. The third-order valence-electron chi connectivity index (χ3n) is 5.06. The average Bonchev–Trinajstić information content (AvgIpc) is 3.36. The molecule has 0 bridgehead atoms. The Bertz CT molecular complexity index is 1310. The molecule has 30 heavy (non-hydrogen) atoms. The molecule has 8 heteroatoms. The van der Waals surface area contributed by atoms with Crippen LogP contribution in [-0.4, -0.2) is 15.0 Å². The zero-order valence-electron chi connectivity index (χ0n) is 16.7. The summed E-state index contributed by atoms with van der Waals surface area (Å²) in [6.45, 7) is 3.98. The number of thiophene rings is 1. The minimum atomic E-state index is -0.495. The molecule has 0 radical (unpaired) electrons. The lowest BCUT2D eigenvalue weighted by Crippen LogP contribution is -2.42. The van der Waals surface area contributed by atoms with Crippen LogP contribution >= 0.6 is 11.3 Å². The minimum Gasteiger partial charge on any atom is -0.467 e. The van der Waals surface area contributed by atoms with Gasteiger partial charge >= 0.3 is 5.69 Å². The van der Waals surface area contributed by atoms with Crippen LogP contribution in [0, 0.1) is 13.8 Å². The summed E-state index contributed by atoms with van der Waals surface area (Å²) in [6.07, 6.45) is 1.53. The molecule has 1 amide bonds. The number of carbonyl (C=O) groups is 1. The first kappa shape index (κ1) is 19.9. The summed E-state index contributed by atoms with van der Waals surface area (Å²) < 4.78 is 7.82. The fourth-order valence-corrected chi connectivity index (χ4v) is 4.49. The first-order chi connectivity index (χ1) is 14.5. The van der Waals surface area contributed by atoms with Gasteiger partial charge in [-0.05, 0) is 37.1 Å². The normalized spacial score (nSPS) is 11.1. The second-order valence-corrected chi connectivity index (χ2v) is 8.27. The van der Waals surface area contributed by atoms with E-state index in [1.165, 1.54) is 26.7 Å². The van der Waals surface area contributed by atoms with Crippen LogP contribution < -0.4 is 16.6 Å². The Kier molecular flexibility index (Phi) is 5.41. The van der Waals surface area contributed by atoms with Crippen molar-refractivity contribution in [2.45, 2.75) is 33.5 Å². The predicted octanol–water partition coefficient (Wildman–Crippen LogP) is 2.80. The van der Waals surface area contributed by atoms with E-state index in [0.29, 0.717) is 16.0 Å². The van der Waals surface area contributed by atoms with Gasteiger partial charge in [0.05, 0.1) is 24.7 Å². The zero-order chi connectivity index (χ0) is 21.3. The quantitative estimate of drug-likeness (QED) is 0.517. The standard InChI is InChI=1S/C22H21N3O4S/c1-14-15(2)30-21-19(14)20(27)24(12-16-7-4-3-5-8-16)22(28)25(21)13-18(26)23-11-17-9-6-10-29-17/h3-10H,11-13H2,1-2H3,(H,23,26). The van der Waals surface area contributed by atoms with Gasteiger partial charge in [-0.2, -0.15) is 0 Å². The van der Waals surface area contributed by atoms with Gasteiger partial charge in [0.2, 0.25) is 5.91 Å². The summed E-state index contributed by atoms with van der Waals surface area (Å²) in [4.78, 5) is 40.4. The van der Waals surface area contributed by atoms with E-state index in [9.17, 15) is 14.4 Å². The maximum absolute atomic E-state index is 13.2. The van der Waals surface area contributed by atoms with Gasteiger partial charge in [0.1, 0.15) is 17.1 Å². The number of hydrogen-bond donors (Lipinski definition) is 1. The molecule has 0 saturated carbocycles. The van der Waals surface area contributed by atoms with Crippen molar-refractivity contribution in [1.82, 2.24) is 14.5 Å². The molecule has 0 aliphatic heterocycles. The molecule has 4 aromatic rings. The Morgan fingerprint density at radius 1 is 1.07 bits per heavy atom. The van der Waals surface area contributed by atoms with Gasteiger partial charge in [0.25, 0.3) is 5.56 Å². The Labute approximate surface area is 176 Å². The van der Waals surface area contributed by atoms with Gasteiger partial charge in [-0.1, -0.05) is 30.3 Å². The smallest absolute Gasteiger partial charge is 0.332 e. The molecule has 1 aromatic carbocycles. The molecule has 1 N–H and O–H groups in total. The van der Waals surface area contributed by atoms with E-state index in [2.05, 4.69) is 5.32 Å². The first-order valence-electron chi connectivity index (χ1n) is 9.52. The monoisotopic (exact) mass is 423 g/mol. The second-order valence-electron chi connectivity index (χ2n) is 7.07. The molecule has 7 nitrogen and oxygen atoms in total. The molecule has 4 rings (SSSR count). The first-order valence-corrected chi connectivity index (χ1v) is 10.3.